The molecule has 0 bridgehead atoms. The molecule has 0 aliphatic carbocycles. The second kappa shape index (κ2) is 4.82. The maximum atomic E-state index is 11.9. The number of nitrogens with one attached hydrogen (secondary N) is 1. The van der Waals surface area contributed by atoms with Gasteiger partial charge in [-0.2, -0.15) is 0 Å². The molecule has 1 heterocycles. The molecule has 0 saturated heterocycles. The average Bonchev–Trinajstić information content (AvgIpc) is 2.77. The number of carbonyl (C=O) groups excluding carboxylic acids is 1. The molecule has 0 aliphatic rings. The van der Waals surface area contributed by atoms with Crippen molar-refractivity contribution in [1.29, 1.82) is 0 Å². The van der Waals surface area contributed by atoms with E-state index in [1.165, 1.54) is 6.26 Å². The first-order valence-corrected chi connectivity index (χ1v) is 5.52. The normalized spacial score (nSPS) is 10.2. The molecule has 0 spiro atoms. The van der Waals surface area contributed by atoms with Gasteiger partial charge in [-0.3, -0.25) is 4.79 Å². The summed E-state index contributed by atoms with van der Waals surface area (Å²) in [6, 6.07) is 7.71. The van der Waals surface area contributed by atoms with Gasteiger partial charge in [0.25, 0.3) is 5.91 Å². The van der Waals surface area contributed by atoms with E-state index in [4.69, 9.17) is 4.42 Å². The van der Waals surface area contributed by atoms with Crippen LogP contribution in [0.25, 0.3) is 0 Å². The number of hydrogen-bond acceptors (Lipinski definition) is 3. The number of hydrogen-bond donors (Lipinski definition) is 1. The van der Waals surface area contributed by atoms with Gasteiger partial charge >= 0.3 is 0 Å². The topological polar surface area (TPSA) is 55.1 Å². The Morgan fingerprint density at radius 3 is 2.82 bits per heavy atom. The standard InChI is InChI=1S/C13H14N2O2/c1-3-10-6-4-5-7-11(10)15-13(16)12-8-17-9(2)14-12/h4-8H,3H2,1-2H3,(H,15,16). The first-order valence-electron chi connectivity index (χ1n) is 5.52. The zero-order valence-electron chi connectivity index (χ0n) is 9.86. The van der Waals surface area contributed by atoms with Crippen molar-refractivity contribution in [1.82, 2.24) is 4.98 Å². The maximum Gasteiger partial charge on any atom is 0.277 e. The smallest absolute Gasteiger partial charge is 0.277 e. The third-order valence-electron chi connectivity index (χ3n) is 2.50. The summed E-state index contributed by atoms with van der Waals surface area (Å²) in [4.78, 5) is 15.8. The van der Waals surface area contributed by atoms with Crippen LogP contribution in [0.5, 0.6) is 0 Å². The molecule has 2 aromatic rings. The van der Waals surface area contributed by atoms with Crippen molar-refractivity contribution in [3.63, 3.8) is 0 Å². The fourth-order valence-electron chi connectivity index (χ4n) is 1.60. The van der Waals surface area contributed by atoms with Crippen LogP contribution >= 0.6 is 0 Å². The minimum atomic E-state index is -0.247. The summed E-state index contributed by atoms with van der Waals surface area (Å²) in [6.45, 7) is 3.75. The molecule has 1 aromatic carbocycles. The van der Waals surface area contributed by atoms with Crippen molar-refractivity contribution in [3.05, 3.63) is 47.7 Å². The van der Waals surface area contributed by atoms with Crippen molar-refractivity contribution in [3.8, 4) is 0 Å². The summed E-state index contributed by atoms with van der Waals surface area (Å²) in [7, 11) is 0. The second-order valence-electron chi connectivity index (χ2n) is 3.72. The van der Waals surface area contributed by atoms with E-state index in [0.717, 1.165) is 17.7 Å². The van der Waals surface area contributed by atoms with E-state index in [1.807, 2.05) is 31.2 Å². The Balaban J connectivity index is 2.18. The number of amides is 1. The van der Waals surface area contributed by atoms with Gasteiger partial charge in [-0.25, -0.2) is 4.98 Å². The number of aryl methyl sites for hydroxylation is 2. The van der Waals surface area contributed by atoms with Crippen LogP contribution < -0.4 is 5.32 Å². The van der Waals surface area contributed by atoms with Crippen LogP contribution in [0.15, 0.2) is 34.9 Å². The summed E-state index contributed by atoms with van der Waals surface area (Å²) >= 11 is 0. The van der Waals surface area contributed by atoms with Crippen molar-refractivity contribution in [2.45, 2.75) is 20.3 Å². The van der Waals surface area contributed by atoms with Gasteiger partial charge in [0.05, 0.1) is 0 Å². The largest absolute Gasteiger partial charge is 0.448 e. The molecule has 0 unspecified atom stereocenters. The fourth-order valence-corrected chi connectivity index (χ4v) is 1.60. The van der Waals surface area contributed by atoms with Crippen molar-refractivity contribution < 1.29 is 9.21 Å². The number of rotatable bonds is 3. The lowest BCUT2D eigenvalue weighted by atomic mass is 10.1. The van der Waals surface area contributed by atoms with Crippen LogP contribution in [-0.4, -0.2) is 10.9 Å². The number of para-hydroxylation sites is 1. The summed E-state index contributed by atoms with van der Waals surface area (Å²) in [5.74, 6) is 0.238. The van der Waals surface area contributed by atoms with Crippen molar-refractivity contribution >= 4 is 11.6 Å². The number of oxazole rings is 1. The molecule has 2 rings (SSSR count). The van der Waals surface area contributed by atoms with Crippen LogP contribution in [0.1, 0.15) is 28.9 Å². The number of aromatic nitrogens is 1. The van der Waals surface area contributed by atoms with Gasteiger partial charge in [-0.05, 0) is 18.1 Å². The Labute approximate surface area is 99.7 Å². The molecule has 4 nitrogen and oxygen atoms in total. The highest BCUT2D eigenvalue weighted by Crippen LogP contribution is 2.16. The van der Waals surface area contributed by atoms with Gasteiger partial charge < -0.3 is 9.73 Å². The predicted octanol–water partition coefficient (Wildman–Crippen LogP) is 2.80. The van der Waals surface area contributed by atoms with Gasteiger partial charge in [0.2, 0.25) is 0 Å². The van der Waals surface area contributed by atoms with Crippen molar-refractivity contribution in [2.75, 3.05) is 5.32 Å². The average molecular weight is 230 g/mol. The highest BCUT2D eigenvalue weighted by atomic mass is 16.3. The van der Waals surface area contributed by atoms with E-state index in [-0.39, 0.29) is 5.91 Å². The van der Waals surface area contributed by atoms with Crippen LogP contribution in [0.4, 0.5) is 5.69 Å². The molecule has 1 amide bonds. The third-order valence-corrected chi connectivity index (χ3v) is 2.50. The molecule has 0 radical (unpaired) electrons. The molecule has 17 heavy (non-hydrogen) atoms. The summed E-state index contributed by atoms with van der Waals surface area (Å²) < 4.78 is 5.01. The molecule has 0 saturated carbocycles. The van der Waals surface area contributed by atoms with E-state index >= 15 is 0 Å². The Morgan fingerprint density at radius 2 is 2.18 bits per heavy atom. The van der Waals surface area contributed by atoms with Crippen LogP contribution in [0.3, 0.4) is 0 Å². The number of nitrogens with zero attached hydrogens (tertiary/aromatic N) is 1. The molecule has 0 atom stereocenters. The minimum Gasteiger partial charge on any atom is -0.448 e. The van der Waals surface area contributed by atoms with E-state index < -0.39 is 0 Å². The Kier molecular flexibility index (Phi) is 3.23. The van der Waals surface area contributed by atoms with Crippen LogP contribution in [0.2, 0.25) is 0 Å². The quantitative estimate of drug-likeness (QED) is 0.882. The first-order chi connectivity index (χ1) is 8.20. The molecule has 1 N–H and O–H groups in total. The zero-order chi connectivity index (χ0) is 12.3. The number of anilines is 1. The zero-order valence-corrected chi connectivity index (χ0v) is 9.86. The van der Waals surface area contributed by atoms with Gasteiger partial charge in [0.15, 0.2) is 11.6 Å². The molecule has 0 aliphatic heterocycles. The minimum absolute atomic E-state index is 0.247. The lowest BCUT2D eigenvalue weighted by molar-refractivity contribution is 0.102. The van der Waals surface area contributed by atoms with E-state index in [1.54, 1.807) is 6.92 Å². The fraction of sp³-hybridized carbons (Fsp3) is 0.231. The van der Waals surface area contributed by atoms with Gasteiger partial charge in [0.1, 0.15) is 6.26 Å². The summed E-state index contributed by atoms with van der Waals surface area (Å²) in [6.07, 6.45) is 2.23. The highest BCUT2D eigenvalue weighted by molar-refractivity contribution is 6.03. The van der Waals surface area contributed by atoms with E-state index in [9.17, 15) is 4.79 Å². The first kappa shape index (κ1) is 11.4. The van der Waals surface area contributed by atoms with Gasteiger partial charge in [-0.15, -0.1) is 0 Å². The van der Waals surface area contributed by atoms with E-state index in [0.29, 0.717) is 11.6 Å². The Hall–Kier alpha value is -2.10. The summed E-state index contributed by atoms with van der Waals surface area (Å²) in [5, 5.41) is 2.83. The van der Waals surface area contributed by atoms with Gasteiger partial charge in [0, 0.05) is 12.6 Å². The molecule has 88 valence electrons. The number of carbonyl (C=O) groups is 1. The second-order valence-corrected chi connectivity index (χ2v) is 3.72. The molecule has 1 aromatic heterocycles. The molecular formula is C13H14N2O2. The lowest BCUT2D eigenvalue weighted by Crippen LogP contribution is -2.13. The maximum absolute atomic E-state index is 11.9. The van der Waals surface area contributed by atoms with Crippen LogP contribution in [-0.2, 0) is 6.42 Å². The van der Waals surface area contributed by atoms with Gasteiger partial charge in [-0.1, -0.05) is 25.1 Å². The monoisotopic (exact) mass is 230 g/mol. The Morgan fingerprint density at radius 1 is 1.41 bits per heavy atom. The molecular weight excluding hydrogens is 216 g/mol. The van der Waals surface area contributed by atoms with Crippen molar-refractivity contribution in [2.24, 2.45) is 0 Å². The lowest BCUT2D eigenvalue weighted by Gasteiger charge is -2.07. The third kappa shape index (κ3) is 2.53. The molecule has 4 heteroatoms. The summed E-state index contributed by atoms with van der Waals surface area (Å²) in [5.41, 5.74) is 2.22. The SMILES string of the molecule is CCc1ccccc1NC(=O)c1coc(C)n1. The van der Waals surface area contributed by atoms with Crippen LogP contribution in [0, 0.1) is 6.92 Å². The highest BCUT2D eigenvalue weighted by Gasteiger charge is 2.11. The molecule has 0 fully saturated rings. The van der Waals surface area contributed by atoms with E-state index in [2.05, 4.69) is 10.3 Å². The predicted molar refractivity (Wildman–Crippen MR) is 65.0 cm³/mol. The number of benzene rings is 1. The Bertz CT molecular complexity index is 532.